The summed E-state index contributed by atoms with van der Waals surface area (Å²) in [6.45, 7) is 1.41. The van der Waals surface area contributed by atoms with Crippen LogP contribution in [0.2, 0.25) is 0 Å². The van der Waals surface area contributed by atoms with Crippen LogP contribution in [0.4, 0.5) is 0 Å². The molecule has 0 saturated heterocycles. The summed E-state index contributed by atoms with van der Waals surface area (Å²) in [5.41, 5.74) is 3.04. The number of hydrogen-bond acceptors (Lipinski definition) is 5. The number of nitrogens with one attached hydrogen (secondary N) is 1. The second kappa shape index (κ2) is 7.07. The lowest BCUT2D eigenvalue weighted by atomic mass is 10.1. The van der Waals surface area contributed by atoms with Gasteiger partial charge in [-0.25, -0.2) is 4.98 Å². The maximum Gasteiger partial charge on any atom is 0.218 e. The van der Waals surface area contributed by atoms with E-state index < -0.39 is 0 Å². The molecule has 0 atom stereocenters. The van der Waals surface area contributed by atoms with Crippen molar-refractivity contribution in [2.75, 3.05) is 14.2 Å². The Hall–Kier alpha value is -2.66. The molecule has 0 unspecified atom stereocenters. The van der Waals surface area contributed by atoms with Crippen molar-refractivity contribution in [3.05, 3.63) is 59.9 Å². The van der Waals surface area contributed by atoms with Gasteiger partial charge in [-0.3, -0.25) is 4.98 Å². The normalized spacial score (nSPS) is 10.7. The summed E-state index contributed by atoms with van der Waals surface area (Å²) in [7, 11) is 3.30. The van der Waals surface area contributed by atoms with E-state index in [9.17, 15) is 0 Å². The molecule has 0 bridgehead atoms. The maximum absolute atomic E-state index is 5.42. The van der Waals surface area contributed by atoms with Gasteiger partial charge in [-0.2, -0.15) is 0 Å². The van der Waals surface area contributed by atoms with Gasteiger partial charge in [-0.1, -0.05) is 6.07 Å². The van der Waals surface area contributed by atoms with Crippen molar-refractivity contribution in [1.29, 1.82) is 0 Å². The zero-order valence-corrected chi connectivity index (χ0v) is 13.2. The van der Waals surface area contributed by atoms with Crippen LogP contribution in [0.25, 0.3) is 10.9 Å². The summed E-state index contributed by atoms with van der Waals surface area (Å²) in [5.74, 6) is 1.46. The Morgan fingerprint density at radius 2 is 1.96 bits per heavy atom. The van der Waals surface area contributed by atoms with Crippen LogP contribution in [0.3, 0.4) is 0 Å². The molecule has 0 aliphatic rings. The molecule has 0 saturated carbocycles. The summed E-state index contributed by atoms with van der Waals surface area (Å²) >= 11 is 0. The highest BCUT2D eigenvalue weighted by Gasteiger charge is 2.08. The summed E-state index contributed by atoms with van der Waals surface area (Å²) in [4.78, 5) is 8.68. The lowest BCUT2D eigenvalue weighted by Crippen LogP contribution is -2.14. The van der Waals surface area contributed by atoms with E-state index in [1.165, 1.54) is 0 Å². The van der Waals surface area contributed by atoms with Crippen LogP contribution in [0.15, 0.2) is 48.8 Å². The molecule has 1 aromatic carbocycles. The number of pyridine rings is 2. The van der Waals surface area contributed by atoms with Crippen LogP contribution < -0.4 is 14.8 Å². The number of hydrogen-bond donors (Lipinski definition) is 1. The van der Waals surface area contributed by atoms with Gasteiger partial charge in [0.05, 0.1) is 19.7 Å². The molecule has 5 heteroatoms. The molecule has 23 heavy (non-hydrogen) atoms. The third kappa shape index (κ3) is 3.57. The zero-order chi connectivity index (χ0) is 16.1. The fraction of sp³-hybridized carbons (Fsp3) is 0.222. The van der Waals surface area contributed by atoms with E-state index in [0.29, 0.717) is 12.4 Å². The highest BCUT2D eigenvalue weighted by molar-refractivity contribution is 5.81. The number of nitrogens with zero attached hydrogens (tertiary/aromatic N) is 2. The second-order valence-corrected chi connectivity index (χ2v) is 5.18. The van der Waals surface area contributed by atoms with Crippen molar-refractivity contribution in [2.45, 2.75) is 13.1 Å². The largest absolute Gasteiger partial charge is 0.497 e. The lowest BCUT2D eigenvalue weighted by Gasteiger charge is -2.11. The summed E-state index contributed by atoms with van der Waals surface area (Å²) in [6, 6.07) is 11.9. The summed E-state index contributed by atoms with van der Waals surface area (Å²) in [6.07, 6.45) is 3.63. The van der Waals surface area contributed by atoms with Gasteiger partial charge < -0.3 is 14.8 Å². The van der Waals surface area contributed by atoms with Gasteiger partial charge in [0.2, 0.25) is 5.88 Å². The fourth-order valence-corrected chi connectivity index (χ4v) is 2.46. The molecule has 1 N–H and O–H groups in total. The first kappa shape index (κ1) is 15.2. The van der Waals surface area contributed by atoms with Gasteiger partial charge in [-0.05, 0) is 35.9 Å². The van der Waals surface area contributed by atoms with Gasteiger partial charge >= 0.3 is 0 Å². The molecule has 0 radical (unpaired) electrons. The van der Waals surface area contributed by atoms with Crippen molar-refractivity contribution in [3.8, 4) is 11.6 Å². The predicted octanol–water partition coefficient (Wildman–Crippen LogP) is 2.94. The van der Waals surface area contributed by atoms with E-state index in [0.717, 1.165) is 34.3 Å². The van der Waals surface area contributed by atoms with E-state index in [1.54, 1.807) is 20.4 Å². The van der Waals surface area contributed by atoms with Crippen LogP contribution >= 0.6 is 0 Å². The minimum Gasteiger partial charge on any atom is -0.497 e. The third-order valence-corrected chi connectivity index (χ3v) is 3.62. The molecule has 118 valence electrons. The smallest absolute Gasteiger partial charge is 0.218 e. The molecule has 2 aromatic heterocycles. The predicted molar refractivity (Wildman–Crippen MR) is 89.6 cm³/mol. The molecule has 0 fully saturated rings. The molecule has 2 heterocycles. The Morgan fingerprint density at radius 1 is 1.04 bits per heavy atom. The quantitative estimate of drug-likeness (QED) is 0.758. The first-order valence-corrected chi connectivity index (χ1v) is 7.41. The number of ether oxygens (including phenoxy) is 2. The standard InChI is InChI=1S/C18H19N3O2/c1-22-16-5-6-17-14(9-16)8-15(18(21-17)23-2)12-20-11-13-4-3-7-19-10-13/h3-10,20H,11-12H2,1-2H3. The van der Waals surface area contributed by atoms with Gasteiger partial charge in [0.25, 0.3) is 0 Å². The molecule has 0 amide bonds. The average Bonchev–Trinajstić information content (AvgIpc) is 2.61. The van der Waals surface area contributed by atoms with Gasteiger partial charge in [0.15, 0.2) is 0 Å². The monoisotopic (exact) mass is 309 g/mol. The van der Waals surface area contributed by atoms with E-state index in [1.807, 2.05) is 36.5 Å². The Labute approximate surface area is 135 Å². The Bertz CT molecular complexity index is 791. The molecule has 0 aliphatic carbocycles. The van der Waals surface area contributed by atoms with Crippen molar-refractivity contribution in [1.82, 2.24) is 15.3 Å². The van der Waals surface area contributed by atoms with Crippen molar-refractivity contribution in [2.24, 2.45) is 0 Å². The van der Waals surface area contributed by atoms with E-state index in [-0.39, 0.29) is 0 Å². The molecule has 3 aromatic rings. The molecule has 0 aliphatic heterocycles. The van der Waals surface area contributed by atoms with Crippen molar-refractivity contribution >= 4 is 10.9 Å². The van der Waals surface area contributed by atoms with E-state index in [4.69, 9.17) is 9.47 Å². The van der Waals surface area contributed by atoms with E-state index in [2.05, 4.69) is 21.4 Å². The lowest BCUT2D eigenvalue weighted by molar-refractivity contribution is 0.392. The number of aromatic nitrogens is 2. The van der Waals surface area contributed by atoms with Gasteiger partial charge in [0, 0.05) is 36.4 Å². The number of rotatable bonds is 6. The van der Waals surface area contributed by atoms with Crippen molar-refractivity contribution in [3.63, 3.8) is 0 Å². The topological polar surface area (TPSA) is 56.3 Å². The molecule has 3 rings (SSSR count). The van der Waals surface area contributed by atoms with Crippen LogP contribution in [-0.4, -0.2) is 24.2 Å². The third-order valence-electron chi connectivity index (χ3n) is 3.62. The number of fused-ring (bicyclic) bond motifs is 1. The van der Waals surface area contributed by atoms with Crippen LogP contribution in [0, 0.1) is 0 Å². The number of methoxy groups -OCH3 is 2. The zero-order valence-electron chi connectivity index (χ0n) is 13.2. The Morgan fingerprint density at radius 3 is 2.70 bits per heavy atom. The molecular formula is C18H19N3O2. The van der Waals surface area contributed by atoms with Gasteiger partial charge in [-0.15, -0.1) is 0 Å². The van der Waals surface area contributed by atoms with Gasteiger partial charge in [0.1, 0.15) is 5.75 Å². The Balaban J connectivity index is 1.80. The van der Waals surface area contributed by atoms with Crippen LogP contribution in [0.1, 0.15) is 11.1 Å². The average molecular weight is 309 g/mol. The minimum absolute atomic E-state index is 0.640. The first-order chi connectivity index (χ1) is 11.3. The molecule has 5 nitrogen and oxygen atoms in total. The van der Waals surface area contributed by atoms with Crippen LogP contribution in [-0.2, 0) is 13.1 Å². The molecule has 0 spiro atoms. The first-order valence-electron chi connectivity index (χ1n) is 7.41. The minimum atomic E-state index is 0.640. The highest BCUT2D eigenvalue weighted by Crippen LogP contribution is 2.25. The second-order valence-electron chi connectivity index (χ2n) is 5.18. The highest BCUT2D eigenvalue weighted by atomic mass is 16.5. The summed E-state index contributed by atoms with van der Waals surface area (Å²) in [5, 5.41) is 4.43. The van der Waals surface area contributed by atoms with Crippen molar-refractivity contribution < 1.29 is 9.47 Å². The molecular weight excluding hydrogens is 290 g/mol. The Kier molecular flexibility index (Phi) is 4.68. The SMILES string of the molecule is COc1ccc2nc(OC)c(CNCc3cccnc3)cc2c1. The number of benzene rings is 1. The van der Waals surface area contributed by atoms with Crippen LogP contribution in [0.5, 0.6) is 11.6 Å². The fourth-order valence-electron chi connectivity index (χ4n) is 2.46. The maximum atomic E-state index is 5.42. The van der Waals surface area contributed by atoms with E-state index >= 15 is 0 Å². The summed E-state index contributed by atoms with van der Waals surface area (Å²) < 4.78 is 10.7.